The molecule has 5 rings (SSSR count). The zero-order chi connectivity index (χ0) is 25.1. The molecule has 0 radical (unpaired) electrons. The van der Waals surface area contributed by atoms with Crippen molar-refractivity contribution in [3.63, 3.8) is 0 Å². The maximum absolute atomic E-state index is 13.0. The molecule has 5 aromatic rings. The summed E-state index contributed by atoms with van der Waals surface area (Å²) in [6, 6.07) is 26.0. The Morgan fingerprint density at radius 1 is 0.972 bits per heavy atom. The summed E-state index contributed by atoms with van der Waals surface area (Å²) in [5, 5.41) is 20.9. The standard InChI is InChI=1S/C28H20ClN5O2/c1-18-25(28(35)33-22-9-7-20(29)8-10-22)17-34-27(18)26(19(15-30)16-31-34)32-21-11-13-24(14-12-21)36-23-5-3-2-4-6-23/h2-14,16-17,32H,1H3,(H,33,35). The third kappa shape index (κ3) is 4.71. The summed E-state index contributed by atoms with van der Waals surface area (Å²) in [7, 11) is 0. The van der Waals surface area contributed by atoms with Crippen LogP contribution >= 0.6 is 11.6 Å². The van der Waals surface area contributed by atoms with Gasteiger partial charge < -0.3 is 15.4 Å². The van der Waals surface area contributed by atoms with Crippen molar-refractivity contribution in [3.8, 4) is 17.6 Å². The highest BCUT2D eigenvalue weighted by Gasteiger charge is 2.20. The molecule has 0 aliphatic heterocycles. The molecule has 176 valence electrons. The van der Waals surface area contributed by atoms with Crippen molar-refractivity contribution < 1.29 is 9.53 Å². The zero-order valence-corrected chi connectivity index (χ0v) is 20.0. The van der Waals surface area contributed by atoms with Gasteiger partial charge in [0, 0.05) is 22.6 Å². The fourth-order valence-corrected chi connectivity index (χ4v) is 3.96. The number of hydrogen-bond acceptors (Lipinski definition) is 5. The number of rotatable bonds is 6. The number of benzene rings is 3. The van der Waals surface area contributed by atoms with Gasteiger partial charge in [-0.05, 0) is 73.2 Å². The Labute approximate surface area is 212 Å². The summed E-state index contributed by atoms with van der Waals surface area (Å²) in [6.45, 7) is 1.83. The van der Waals surface area contributed by atoms with E-state index in [9.17, 15) is 10.1 Å². The van der Waals surface area contributed by atoms with Gasteiger partial charge >= 0.3 is 0 Å². The van der Waals surface area contributed by atoms with E-state index in [1.165, 1.54) is 6.20 Å². The average Bonchev–Trinajstić information content (AvgIpc) is 3.24. The molecule has 8 heteroatoms. The summed E-state index contributed by atoms with van der Waals surface area (Å²) in [5.74, 6) is 1.15. The molecule has 0 aliphatic carbocycles. The van der Waals surface area contributed by atoms with Gasteiger partial charge in [-0.2, -0.15) is 10.4 Å². The maximum atomic E-state index is 13.0. The van der Waals surface area contributed by atoms with E-state index in [1.54, 1.807) is 35.0 Å². The lowest BCUT2D eigenvalue weighted by molar-refractivity contribution is 0.102. The second kappa shape index (κ2) is 9.82. The molecule has 0 unspecified atom stereocenters. The Morgan fingerprint density at radius 3 is 2.33 bits per heavy atom. The normalized spacial score (nSPS) is 10.6. The lowest BCUT2D eigenvalue weighted by atomic mass is 10.1. The van der Waals surface area contributed by atoms with Crippen LogP contribution in [-0.2, 0) is 0 Å². The van der Waals surface area contributed by atoms with E-state index in [4.69, 9.17) is 16.3 Å². The number of para-hydroxylation sites is 1. The van der Waals surface area contributed by atoms with Crippen LogP contribution in [0, 0.1) is 18.3 Å². The number of ether oxygens (including phenoxy) is 1. The van der Waals surface area contributed by atoms with Crippen molar-refractivity contribution in [1.82, 2.24) is 9.61 Å². The van der Waals surface area contributed by atoms with E-state index in [0.717, 1.165) is 11.4 Å². The minimum absolute atomic E-state index is 0.285. The van der Waals surface area contributed by atoms with Crippen LogP contribution in [0.5, 0.6) is 11.5 Å². The fourth-order valence-electron chi connectivity index (χ4n) is 3.84. The molecule has 0 saturated carbocycles. The Bertz CT molecular complexity index is 1590. The van der Waals surface area contributed by atoms with Crippen molar-refractivity contribution in [2.45, 2.75) is 6.92 Å². The molecule has 1 amide bonds. The van der Waals surface area contributed by atoms with Crippen LogP contribution < -0.4 is 15.4 Å². The van der Waals surface area contributed by atoms with Crippen LogP contribution in [0.25, 0.3) is 5.52 Å². The molecule has 2 heterocycles. The van der Waals surface area contributed by atoms with Crippen LogP contribution in [0.15, 0.2) is 91.3 Å². The molecule has 3 aromatic carbocycles. The Kier molecular flexibility index (Phi) is 6.27. The van der Waals surface area contributed by atoms with Gasteiger partial charge in [0.1, 0.15) is 17.6 Å². The van der Waals surface area contributed by atoms with Gasteiger partial charge in [-0.1, -0.05) is 29.8 Å². The predicted molar refractivity (Wildman–Crippen MR) is 140 cm³/mol. The Hall–Kier alpha value is -4.80. The van der Waals surface area contributed by atoms with Gasteiger partial charge in [-0.3, -0.25) is 4.79 Å². The fraction of sp³-hybridized carbons (Fsp3) is 0.0357. The highest BCUT2D eigenvalue weighted by atomic mass is 35.5. The third-order valence-electron chi connectivity index (χ3n) is 5.63. The first-order chi connectivity index (χ1) is 17.5. The molecule has 0 spiro atoms. The molecule has 7 nitrogen and oxygen atoms in total. The number of aryl methyl sites for hydroxylation is 1. The van der Waals surface area contributed by atoms with Gasteiger partial charge in [0.15, 0.2) is 0 Å². The van der Waals surface area contributed by atoms with E-state index in [2.05, 4.69) is 21.8 Å². The third-order valence-corrected chi connectivity index (χ3v) is 5.88. The van der Waals surface area contributed by atoms with Gasteiger partial charge in [0.05, 0.1) is 28.5 Å². The van der Waals surface area contributed by atoms with Crippen LogP contribution in [-0.4, -0.2) is 15.5 Å². The quantitative estimate of drug-likeness (QED) is 0.267. The lowest BCUT2D eigenvalue weighted by Gasteiger charge is -2.12. The second-order valence-corrected chi connectivity index (χ2v) is 8.47. The number of nitrogens with zero attached hydrogens (tertiary/aromatic N) is 3. The first-order valence-electron chi connectivity index (χ1n) is 11.1. The molecule has 0 fully saturated rings. The number of amides is 1. The Balaban J connectivity index is 1.44. The first kappa shape index (κ1) is 23.0. The van der Waals surface area contributed by atoms with Crippen LogP contribution in [0.2, 0.25) is 5.02 Å². The van der Waals surface area contributed by atoms with Crippen molar-refractivity contribution in [2.24, 2.45) is 0 Å². The zero-order valence-electron chi connectivity index (χ0n) is 19.2. The topological polar surface area (TPSA) is 91.5 Å². The van der Waals surface area contributed by atoms with E-state index in [1.807, 2.05) is 61.5 Å². The number of anilines is 3. The van der Waals surface area contributed by atoms with Crippen molar-refractivity contribution >= 4 is 40.1 Å². The number of hydrogen-bond donors (Lipinski definition) is 2. The highest BCUT2D eigenvalue weighted by molar-refractivity contribution is 6.30. The molecule has 0 bridgehead atoms. The van der Waals surface area contributed by atoms with E-state index in [0.29, 0.717) is 44.4 Å². The van der Waals surface area contributed by atoms with Crippen molar-refractivity contribution in [3.05, 3.63) is 113 Å². The molecule has 2 aromatic heterocycles. The average molecular weight is 494 g/mol. The summed E-state index contributed by atoms with van der Waals surface area (Å²) in [5.41, 5.74) is 4.08. The van der Waals surface area contributed by atoms with Gasteiger partial charge in [0.2, 0.25) is 0 Å². The number of aromatic nitrogens is 2. The molecule has 36 heavy (non-hydrogen) atoms. The molecule has 0 saturated heterocycles. The summed E-state index contributed by atoms with van der Waals surface area (Å²) < 4.78 is 7.46. The molecular weight excluding hydrogens is 474 g/mol. The summed E-state index contributed by atoms with van der Waals surface area (Å²) in [4.78, 5) is 13.0. The van der Waals surface area contributed by atoms with Crippen LogP contribution in [0.3, 0.4) is 0 Å². The molecular formula is C28H20ClN5O2. The van der Waals surface area contributed by atoms with Crippen molar-refractivity contribution in [1.29, 1.82) is 5.26 Å². The summed E-state index contributed by atoms with van der Waals surface area (Å²) in [6.07, 6.45) is 3.13. The van der Waals surface area contributed by atoms with Gasteiger partial charge in [-0.25, -0.2) is 4.52 Å². The number of fused-ring (bicyclic) bond motifs is 1. The monoisotopic (exact) mass is 493 g/mol. The highest BCUT2D eigenvalue weighted by Crippen LogP contribution is 2.31. The van der Waals surface area contributed by atoms with Crippen LogP contribution in [0.4, 0.5) is 17.1 Å². The van der Waals surface area contributed by atoms with Gasteiger partial charge in [-0.15, -0.1) is 0 Å². The maximum Gasteiger partial charge on any atom is 0.257 e. The number of nitrogens with one attached hydrogen (secondary N) is 2. The van der Waals surface area contributed by atoms with Crippen molar-refractivity contribution in [2.75, 3.05) is 10.6 Å². The van der Waals surface area contributed by atoms with E-state index >= 15 is 0 Å². The molecule has 0 aliphatic rings. The smallest absolute Gasteiger partial charge is 0.257 e. The minimum atomic E-state index is -0.285. The first-order valence-corrected chi connectivity index (χ1v) is 11.5. The minimum Gasteiger partial charge on any atom is -0.457 e. The number of halogens is 1. The second-order valence-electron chi connectivity index (χ2n) is 8.03. The number of carbonyl (C=O) groups is 1. The molecule has 0 atom stereocenters. The molecule has 2 N–H and O–H groups in total. The lowest BCUT2D eigenvalue weighted by Crippen LogP contribution is -2.12. The Morgan fingerprint density at radius 2 is 1.64 bits per heavy atom. The van der Waals surface area contributed by atoms with E-state index < -0.39 is 0 Å². The van der Waals surface area contributed by atoms with Gasteiger partial charge in [0.25, 0.3) is 5.91 Å². The SMILES string of the molecule is Cc1c(C(=O)Nc2ccc(Cl)cc2)cn2ncc(C#N)c(Nc3ccc(Oc4ccccc4)cc3)c12. The number of nitriles is 1. The number of carbonyl (C=O) groups excluding carboxylic acids is 1. The summed E-state index contributed by atoms with van der Waals surface area (Å²) >= 11 is 5.94. The van der Waals surface area contributed by atoms with Crippen LogP contribution in [0.1, 0.15) is 21.5 Å². The predicted octanol–water partition coefficient (Wildman–Crippen LogP) is 6.96. The largest absolute Gasteiger partial charge is 0.457 e. The van der Waals surface area contributed by atoms with E-state index in [-0.39, 0.29) is 5.91 Å².